The normalized spacial score (nSPS) is 16.3. The number of carbonyl (C=O) groups excluding carboxylic acids is 2. The fourth-order valence-corrected chi connectivity index (χ4v) is 4.39. The van der Waals surface area contributed by atoms with Gasteiger partial charge >= 0.3 is 6.09 Å². The van der Waals surface area contributed by atoms with Gasteiger partial charge in [0.25, 0.3) is 5.91 Å². The fraction of sp³-hybridized carbons (Fsp3) is 0.346. The number of piperazine rings is 1. The predicted octanol–water partition coefficient (Wildman–Crippen LogP) is 3.93. The quantitative estimate of drug-likeness (QED) is 0.534. The number of rotatable bonds is 5. The zero-order chi connectivity index (χ0) is 26.0. The Morgan fingerprint density at radius 2 is 1.92 bits per heavy atom. The maximum atomic E-state index is 13.2. The molecule has 0 bridgehead atoms. The molecule has 190 valence electrons. The molecule has 1 aliphatic heterocycles. The van der Waals surface area contributed by atoms with Gasteiger partial charge in [0.05, 0.1) is 28.4 Å². The SMILES string of the molecule is CC(C)(O)c1ccc(-c2cc(Cl)c3ccc(C(=O)N4CCN(C(=O)OCCF)[C@H](N)C4)cc3n2)cc1. The van der Waals surface area contributed by atoms with Crippen molar-refractivity contribution in [3.63, 3.8) is 0 Å². The second kappa shape index (κ2) is 10.4. The molecule has 1 saturated heterocycles. The van der Waals surface area contributed by atoms with E-state index < -0.39 is 24.5 Å². The number of fused-ring (bicyclic) bond motifs is 1. The van der Waals surface area contributed by atoms with E-state index in [2.05, 4.69) is 0 Å². The molecule has 0 unspecified atom stereocenters. The average molecular weight is 515 g/mol. The Balaban J connectivity index is 1.55. The predicted molar refractivity (Wildman–Crippen MR) is 135 cm³/mol. The van der Waals surface area contributed by atoms with Crippen molar-refractivity contribution in [2.24, 2.45) is 5.73 Å². The second-order valence-corrected chi connectivity index (χ2v) is 9.58. The lowest BCUT2D eigenvalue weighted by atomic mass is 9.96. The number of carbonyl (C=O) groups is 2. The zero-order valence-electron chi connectivity index (χ0n) is 20.1. The number of ether oxygens (including phenoxy) is 1. The Morgan fingerprint density at radius 3 is 2.56 bits per heavy atom. The topological polar surface area (TPSA) is 109 Å². The van der Waals surface area contributed by atoms with Gasteiger partial charge in [-0.25, -0.2) is 14.2 Å². The number of amides is 2. The summed E-state index contributed by atoms with van der Waals surface area (Å²) in [4.78, 5) is 32.8. The molecule has 4 rings (SSSR count). The molecule has 1 aromatic heterocycles. The van der Waals surface area contributed by atoms with Crippen LogP contribution < -0.4 is 5.73 Å². The van der Waals surface area contributed by atoms with Crippen LogP contribution in [0.3, 0.4) is 0 Å². The Bertz CT molecular complexity index is 1280. The van der Waals surface area contributed by atoms with Crippen LogP contribution in [0.1, 0.15) is 29.8 Å². The largest absolute Gasteiger partial charge is 0.447 e. The summed E-state index contributed by atoms with van der Waals surface area (Å²) in [7, 11) is 0. The Kier molecular flexibility index (Phi) is 7.44. The van der Waals surface area contributed by atoms with Gasteiger partial charge in [-0.15, -0.1) is 0 Å². The number of aromatic nitrogens is 1. The van der Waals surface area contributed by atoms with Crippen LogP contribution in [-0.2, 0) is 10.3 Å². The van der Waals surface area contributed by atoms with Crippen molar-refractivity contribution < 1.29 is 23.8 Å². The van der Waals surface area contributed by atoms with Crippen LogP contribution in [0.15, 0.2) is 48.5 Å². The van der Waals surface area contributed by atoms with Gasteiger partial charge in [-0.1, -0.05) is 41.9 Å². The number of hydrogen-bond acceptors (Lipinski definition) is 6. The Morgan fingerprint density at radius 1 is 1.19 bits per heavy atom. The standard InChI is InChI=1S/C26H28ClFN4O4/c1-26(2,35)18-6-3-16(4-7-18)21-14-20(27)19-8-5-17(13-22(19)30-21)24(33)31-10-11-32(23(29)15-31)25(34)36-12-9-28/h3-8,13-14,23,35H,9-12,15,29H2,1-2H3/t23-/m0/s1. The number of benzene rings is 2. The third kappa shape index (κ3) is 5.43. The molecule has 3 aromatic rings. The van der Waals surface area contributed by atoms with Gasteiger partial charge in [0, 0.05) is 29.6 Å². The highest BCUT2D eigenvalue weighted by molar-refractivity contribution is 6.35. The molecule has 10 heteroatoms. The molecule has 2 aromatic carbocycles. The van der Waals surface area contributed by atoms with Crippen molar-refractivity contribution in [3.8, 4) is 11.3 Å². The first kappa shape index (κ1) is 25.8. The zero-order valence-corrected chi connectivity index (χ0v) is 20.8. The van der Waals surface area contributed by atoms with Gasteiger partial charge in [0.15, 0.2) is 0 Å². The smallest absolute Gasteiger partial charge is 0.411 e. The first-order valence-corrected chi connectivity index (χ1v) is 11.9. The number of pyridine rings is 1. The molecular formula is C26H28ClFN4O4. The highest BCUT2D eigenvalue weighted by atomic mass is 35.5. The summed E-state index contributed by atoms with van der Waals surface area (Å²) in [6.45, 7) is 2.89. The molecule has 3 N–H and O–H groups in total. The Labute approximate surface area is 213 Å². The minimum absolute atomic E-state index is 0.114. The fourth-order valence-electron chi connectivity index (χ4n) is 4.13. The summed E-state index contributed by atoms with van der Waals surface area (Å²) in [6.07, 6.45) is -1.46. The lowest BCUT2D eigenvalue weighted by molar-refractivity contribution is 0.0375. The molecule has 1 fully saturated rings. The van der Waals surface area contributed by atoms with Gasteiger partial charge in [-0.05, 0) is 37.6 Å². The minimum atomic E-state index is -0.953. The van der Waals surface area contributed by atoms with E-state index in [-0.39, 0.29) is 32.1 Å². The molecule has 2 heterocycles. The van der Waals surface area contributed by atoms with Gasteiger partial charge < -0.3 is 20.5 Å². The minimum Gasteiger partial charge on any atom is -0.447 e. The summed E-state index contributed by atoms with van der Waals surface area (Å²) in [5.74, 6) is -0.248. The molecule has 8 nitrogen and oxygen atoms in total. The van der Waals surface area contributed by atoms with Crippen molar-refractivity contribution in [3.05, 3.63) is 64.7 Å². The molecule has 36 heavy (non-hydrogen) atoms. The number of hydrogen-bond donors (Lipinski definition) is 2. The number of nitrogens with two attached hydrogens (primary N) is 1. The highest BCUT2D eigenvalue weighted by Crippen LogP contribution is 2.30. The van der Waals surface area contributed by atoms with Crippen molar-refractivity contribution in [1.29, 1.82) is 0 Å². The summed E-state index contributed by atoms with van der Waals surface area (Å²) in [6, 6.07) is 14.3. The molecule has 0 radical (unpaired) electrons. The van der Waals surface area contributed by atoms with Crippen LogP contribution in [0.4, 0.5) is 9.18 Å². The van der Waals surface area contributed by atoms with Crippen molar-refractivity contribution in [2.45, 2.75) is 25.6 Å². The summed E-state index contributed by atoms with van der Waals surface area (Å²) in [5, 5.41) is 11.4. The van der Waals surface area contributed by atoms with Gasteiger partial charge in [-0.2, -0.15) is 0 Å². The molecule has 0 aliphatic carbocycles. The van der Waals surface area contributed by atoms with E-state index >= 15 is 0 Å². The summed E-state index contributed by atoms with van der Waals surface area (Å²) in [5.41, 5.74) is 8.35. The molecule has 1 aliphatic rings. The maximum absolute atomic E-state index is 13.2. The van der Waals surface area contributed by atoms with E-state index in [0.717, 1.165) is 11.1 Å². The molecule has 0 saturated carbocycles. The van der Waals surface area contributed by atoms with E-state index in [1.165, 1.54) is 4.90 Å². The number of alkyl halides is 1. The second-order valence-electron chi connectivity index (χ2n) is 9.17. The Hall–Kier alpha value is -3.27. The molecule has 2 amide bonds. The van der Waals surface area contributed by atoms with E-state index in [0.29, 0.717) is 27.2 Å². The highest BCUT2D eigenvalue weighted by Gasteiger charge is 2.31. The van der Waals surface area contributed by atoms with Crippen LogP contribution in [-0.4, -0.2) is 71.0 Å². The van der Waals surface area contributed by atoms with Crippen LogP contribution in [0.5, 0.6) is 0 Å². The monoisotopic (exact) mass is 514 g/mol. The average Bonchev–Trinajstić information content (AvgIpc) is 2.86. The number of aliphatic hydroxyl groups is 1. The van der Waals surface area contributed by atoms with Gasteiger partial charge in [0.2, 0.25) is 0 Å². The lowest BCUT2D eigenvalue weighted by Crippen LogP contribution is -2.60. The third-order valence-corrected chi connectivity index (χ3v) is 6.45. The van der Waals surface area contributed by atoms with Crippen LogP contribution in [0, 0.1) is 0 Å². The van der Waals surface area contributed by atoms with E-state index in [9.17, 15) is 19.1 Å². The van der Waals surface area contributed by atoms with Gasteiger partial charge in [0.1, 0.15) is 19.4 Å². The molecule has 0 spiro atoms. The summed E-state index contributed by atoms with van der Waals surface area (Å²) < 4.78 is 17.1. The van der Waals surface area contributed by atoms with Gasteiger partial charge in [-0.3, -0.25) is 9.69 Å². The van der Waals surface area contributed by atoms with Crippen molar-refractivity contribution >= 4 is 34.5 Å². The maximum Gasteiger partial charge on any atom is 0.411 e. The van der Waals surface area contributed by atoms with Crippen molar-refractivity contribution in [1.82, 2.24) is 14.8 Å². The van der Waals surface area contributed by atoms with Crippen LogP contribution in [0.2, 0.25) is 5.02 Å². The lowest BCUT2D eigenvalue weighted by Gasteiger charge is -2.38. The van der Waals surface area contributed by atoms with E-state index in [1.807, 2.05) is 24.3 Å². The van der Waals surface area contributed by atoms with Crippen LogP contribution in [0.25, 0.3) is 22.2 Å². The van der Waals surface area contributed by atoms with E-state index in [1.54, 1.807) is 43.0 Å². The number of nitrogens with zero attached hydrogens (tertiary/aromatic N) is 3. The molecular weight excluding hydrogens is 487 g/mol. The first-order chi connectivity index (χ1) is 17.1. The summed E-state index contributed by atoms with van der Waals surface area (Å²) >= 11 is 6.53. The first-order valence-electron chi connectivity index (χ1n) is 11.6. The molecule has 1 atom stereocenters. The van der Waals surface area contributed by atoms with Crippen molar-refractivity contribution in [2.75, 3.05) is 32.9 Å². The third-order valence-electron chi connectivity index (χ3n) is 6.14. The number of halogens is 2. The van der Waals surface area contributed by atoms with E-state index in [4.69, 9.17) is 27.1 Å². The van der Waals surface area contributed by atoms with Crippen LogP contribution >= 0.6 is 11.6 Å².